The van der Waals surface area contributed by atoms with Crippen molar-refractivity contribution in [2.24, 2.45) is 10.7 Å². The molecule has 0 radical (unpaired) electrons. The van der Waals surface area contributed by atoms with Crippen LogP contribution in [0.1, 0.15) is 0 Å². The second-order valence-electron chi connectivity index (χ2n) is 4.84. The molecule has 98 valence electrons. The first-order valence-corrected chi connectivity index (χ1v) is 6.38. The van der Waals surface area contributed by atoms with Gasteiger partial charge >= 0.3 is 0 Å². The molecular formula is C15H17N3O. The summed E-state index contributed by atoms with van der Waals surface area (Å²) < 4.78 is 5.17. The van der Waals surface area contributed by atoms with Crippen LogP contribution in [0.25, 0.3) is 10.8 Å². The molecule has 2 N–H and O–H groups in total. The monoisotopic (exact) mass is 255 g/mol. The summed E-state index contributed by atoms with van der Waals surface area (Å²) in [4.78, 5) is 6.43. The third-order valence-electron chi connectivity index (χ3n) is 3.39. The lowest BCUT2D eigenvalue weighted by Crippen LogP contribution is -2.28. The van der Waals surface area contributed by atoms with Crippen molar-refractivity contribution >= 4 is 22.5 Å². The zero-order valence-electron chi connectivity index (χ0n) is 10.9. The summed E-state index contributed by atoms with van der Waals surface area (Å²) in [5.41, 5.74) is 6.70. The summed E-state index contributed by atoms with van der Waals surface area (Å²) in [5.74, 6) is 0. The van der Waals surface area contributed by atoms with Crippen molar-refractivity contribution in [2.75, 3.05) is 25.1 Å². The number of rotatable bonds is 3. The number of aliphatic imine (C=N–C) groups is 1. The molecule has 1 aliphatic heterocycles. The molecule has 0 aromatic heterocycles. The molecule has 0 amide bonds. The third-order valence-corrected chi connectivity index (χ3v) is 3.39. The lowest BCUT2D eigenvalue weighted by molar-refractivity contribution is 0.314. The van der Waals surface area contributed by atoms with Crippen molar-refractivity contribution in [3.63, 3.8) is 0 Å². The Labute approximate surface area is 112 Å². The third kappa shape index (κ3) is 2.47. The lowest BCUT2D eigenvalue weighted by Gasteiger charge is -2.21. The van der Waals surface area contributed by atoms with Crippen LogP contribution in [0.15, 0.2) is 47.5 Å². The molecule has 1 aliphatic rings. The van der Waals surface area contributed by atoms with Crippen LogP contribution in [0, 0.1) is 0 Å². The molecule has 2 aromatic carbocycles. The van der Waals surface area contributed by atoms with Crippen LogP contribution in [0.4, 0.5) is 5.69 Å². The Morgan fingerprint density at radius 1 is 1.26 bits per heavy atom. The van der Waals surface area contributed by atoms with E-state index in [4.69, 9.17) is 10.5 Å². The smallest absolute Gasteiger partial charge is 0.282 e. The van der Waals surface area contributed by atoms with E-state index in [1.54, 1.807) is 0 Å². The number of likely N-dealkylation sites (N-methyl/N-ethyl adjacent to an activating group) is 1. The number of fused-ring (bicyclic) bond motifs is 1. The van der Waals surface area contributed by atoms with E-state index in [9.17, 15) is 0 Å². The van der Waals surface area contributed by atoms with Gasteiger partial charge in [0.25, 0.3) is 6.02 Å². The van der Waals surface area contributed by atoms with Gasteiger partial charge in [0.2, 0.25) is 0 Å². The molecule has 0 saturated carbocycles. The molecule has 0 saturated heterocycles. The number of ether oxygens (including phenoxy) is 1. The standard InChI is InChI=1S/C15H17N3O/c1-18(9-13-10-19-15(16)17-13)14-7-6-11-4-2-3-5-12(11)8-14/h2-8,13H,9-10H2,1H3,(H2,16,17)/t13-/m1/s1. The normalized spacial score (nSPS) is 18.2. The second kappa shape index (κ2) is 4.80. The molecule has 0 unspecified atom stereocenters. The van der Waals surface area contributed by atoms with E-state index >= 15 is 0 Å². The summed E-state index contributed by atoms with van der Waals surface area (Å²) in [6, 6.07) is 15.2. The van der Waals surface area contributed by atoms with E-state index in [1.807, 2.05) is 0 Å². The number of hydrogen-bond donors (Lipinski definition) is 1. The van der Waals surface area contributed by atoms with Crippen LogP contribution in [0.3, 0.4) is 0 Å². The zero-order chi connectivity index (χ0) is 13.2. The summed E-state index contributed by atoms with van der Waals surface area (Å²) in [6.45, 7) is 1.38. The maximum Gasteiger partial charge on any atom is 0.282 e. The first-order chi connectivity index (χ1) is 9.22. The van der Waals surface area contributed by atoms with Crippen LogP contribution in [0.5, 0.6) is 0 Å². The molecule has 0 spiro atoms. The zero-order valence-corrected chi connectivity index (χ0v) is 10.9. The van der Waals surface area contributed by atoms with Crippen molar-refractivity contribution < 1.29 is 4.74 Å². The number of hydrogen-bond acceptors (Lipinski definition) is 4. The molecule has 2 aromatic rings. The Bertz CT molecular complexity index is 624. The van der Waals surface area contributed by atoms with E-state index in [0.717, 1.165) is 6.54 Å². The minimum Gasteiger partial charge on any atom is -0.463 e. The average molecular weight is 255 g/mol. The number of anilines is 1. The Morgan fingerprint density at radius 2 is 2.05 bits per heavy atom. The van der Waals surface area contributed by atoms with Gasteiger partial charge in [-0.1, -0.05) is 30.3 Å². The first-order valence-electron chi connectivity index (χ1n) is 6.38. The van der Waals surface area contributed by atoms with Crippen molar-refractivity contribution in [1.82, 2.24) is 0 Å². The van der Waals surface area contributed by atoms with Crippen molar-refractivity contribution in [3.8, 4) is 0 Å². The average Bonchev–Trinajstić information content (AvgIpc) is 2.83. The number of amidine groups is 1. The fraction of sp³-hybridized carbons (Fsp3) is 0.267. The first kappa shape index (κ1) is 11.8. The van der Waals surface area contributed by atoms with Gasteiger partial charge in [-0.25, -0.2) is 4.99 Å². The molecule has 3 rings (SSSR count). The fourth-order valence-electron chi connectivity index (χ4n) is 2.37. The van der Waals surface area contributed by atoms with Gasteiger partial charge in [-0.05, 0) is 22.9 Å². The minimum atomic E-state index is 0.122. The van der Waals surface area contributed by atoms with Gasteiger partial charge in [0.1, 0.15) is 12.6 Å². The Hall–Kier alpha value is -2.23. The molecular weight excluding hydrogens is 238 g/mol. The number of benzene rings is 2. The highest BCUT2D eigenvalue weighted by Crippen LogP contribution is 2.21. The maximum absolute atomic E-state index is 5.52. The Morgan fingerprint density at radius 3 is 2.79 bits per heavy atom. The molecule has 19 heavy (non-hydrogen) atoms. The van der Waals surface area contributed by atoms with Crippen LogP contribution >= 0.6 is 0 Å². The molecule has 0 fully saturated rings. The van der Waals surface area contributed by atoms with Gasteiger partial charge in [-0.3, -0.25) is 0 Å². The fourth-order valence-corrected chi connectivity index (χ4v) is 2.37. The highest BCUT2D eigenvalue weighted by Gasteiger charge is 2.18. The van der Waals surface area contributed by atoms with Crippen LogP contribution in [-0.2, 0) is 4.74 Å². The summed E-state index contributed by atoms with van der Waals surface area (Å²) in [5, 5.41) is 2.50. The van der Waals surface area contributed by atoms with E-state index in [2.05, 4.69) is 59.4 Å². The predicted octanol–water partition coefficient (Wildman–Crippen LogP) is 1.99. The molecule has 4 heteroatoms. The summed E-state index contributed by atoms with van der Waals surface area (Å²) in [7, 11) is 2.06. The molecule has 1 heterocycles. The van der Waals surface area contributed by atoms with Gasteiger partial charge in [0, 0.05) is 19.3 Å². The van der Waals surface area contributed by atoms with Crippen molar-refractivity contribution in [3.05, 3.63) is 42.5 Å². The minimum absolute atomic E-state index is 0.122. The van der Waals surface area contributed by atoms with E-state index in [0.29, 0.717) is 12.6 Å². The van der Waals surface area contributed by atoms with Crippen LogP contribution < -0.4 is 10.6 Å². The second-order valence-corrected chi connectivity index (χ2v) is 4.84. The SMILES string of the molecule is CN(C[C@@H]1COC(N)=N1)c1ccc2ccccc2c1. The number of nitrogens with two attached hydrogens (primary N) is 1. The van der Waals surface area contributed by atoms with Crippen LogP contribution in [0.2, 0.25) is 0 Å². The van der Waals surface area contributed by atoms with Crippen molar-refractivity contribution in [1.29, 1.82) is 0 Å². The molecule has 0 aliphatic carbocycles. The van der Waals surface area contributed by atoms with Gasteiger partial charge < -0.3 is 15.4 Å². The summed E-state index contributed by atoms with van der Waals surface area (Å²) in [6.07, 6.45) is 0. The topological polar surface area (TPSA) is 50.9 Å². The maximum atomic E-state index is 5.52. The van der Waals surface area contributed by atoms with E-state index in [1.165, 1.54) is 16.5 Å². The Balaban J connectivity index is 1.79. The highest BCUT2D eigenvalue weighted by atomic mass is 16.5. The van der Waals surface area contributed by atoms with Gasteiger partial charge in [0.05, 0.1) is 0 Å². The molecule has 4 nitrogen and oxygen atoms in total. The molecule has 0 bridgehead atoms. The quantitative estimate of drug-likeness (QED) is 0.912. The predicted molar refractivity (Wildman–Crippen MR) is 78.6 cm³/mol. The van der Waals surface area contributed by atoms with Gasteiger partial charge in [0.15, 0.2) is 0 Å². The van der Waals surface area contributed by atoms with Gasteiger partial charge in [-0.2, -0.15) is 0 Å². The van der Waals surface area contributed by atoms with E-state index < -0.39 is 0 Å². The van der Waals surface area contributed by atoms with Crippen LogP contribution in [-0.4, -0.2) is 32.3 Å². The van der Waals surface area contributed by atoms with Gasteiger partial charge in [-0.15, -0.1) is 0 Å². The largest absolute Gasteiger partial charge is 0.463 e. The molecule has 1 atom stereocenters. The highest BCUT2D eigenvalue weighted by molar-refractivity contribution is 5.85. The summed E-state index contributed by atoms with van der Waals surface area (Å²) >= 11 is 0. The lowest BCUT2D eigenvalue weighted by atomic mass is 10.1. The number of nitrogens with zero attached hydrogens (tertiary/aromatic N) is 2. The van der Waals surface area contributed by atoms with Crippen molar-refractivity contribution in [2.45, 2.75) is 6.04 Å². The Kier molecular flexibility index (Phi) is 2.99. The van der Waals surface area contributed by atoms with E-state index in [-0.39, 0.29) is 6.04 Å².